The van der Waals surface area contributed by atoms with Crippen LogP contribution in [0.5, 0.6) is 5.75 Å². The monoisotopic (exact) mass is 1020 g/mol. The van der Waals surface area contributed by atoms with E-state index in [2.05, 4.69) is 16.0 Å². The molecule has 1 saturated heterocycles. The number of para-hydroxylation sites is 1. The third kappa shape index (κ3) is 10.5. The third-order valence-corrected chi connectivity index (χ3v) is 14.8. The lowest BCUT2D eigenvalue weighted by atomic mass is 10.0. The van der Waals surface area contributed by atoms with Gasteiger partial charge in [0, 0.05) is 53.8 Å². The van der Waals surface area contributed by atoms with Crippen LogP contribution in [0.25, 0.3) is 10.9 Å². The van der Waals surface area contributed by atoms with E-state index < -0.39 is 78.4 Å². The Labute approximate surface area is 412 Å². The van der Waals surface area contributed by atoms with Crippen molar-refractivity contribution in [1.82, 2.24) is 25.4 Å². The van der Waals surface area contributed by atoms with Crippen molar-refractivity contribution >= 4 is 71.4 Å². The number of aromatic nitrogens is 1. The quantitative estimate of drug-likeness (QED) is 0.0394. The van der Waals surface area contributed by atoms with Crippen molar-refractivity contribution in [3.63, 3.8) is 0 Å². The zero-order valence-electron chi connectivity index (χ0n) is 39.5. The molecule has 72 heavy (non-hydrogen) atoms. The Kier molecular flexibility index (Phi) is 15.1. The molecule has 5 heterocycles. The van der Waals surface area contributed by atoms with E-state index in [9.17, 15) is 61.5 Å². The molecule has 7 N–H and O–H groups in total. The summed E-state index contributed by atoms with van der Waals surface area (Å²) in [6.45, 7) is 2.26. The Balaban J connectivity index is 0.902. The summed E-state index contributed by atoms with van der Waals surface area (Å²) in [5.74, 6) is -3.65. The molecule has 7 amide bonds. The second kappa shape index (κ2) is 21.1. The van der Waals surface area contributed by atoms with Crippen molar-refractivity contribution in [2.75, 3.05) is 11.5 Å². The first kappa shape index (κ1) is 51.5. The molecular weight excluding hydrogens is 960 g/mol. The highest BCUT2D eigenvalue weighted by Crippen LogP contribution is 2.59. The third-order valence-electron chi connectivity index (χ3n) is 13.8. The number of hydrogen-bond acceptors (Lipinski definition) is 10. The molecule has 382 valence electrons. The minimum atomic E-state index is -5.98. The zero-order valence-corrected chi connectivity index (χ0v) is 40.4. The van der Waals surface area contributed by atoms with E-state index >= 15 is 0 Å². The second-order valence-electron chi connectivity index (χ2n) is 18.9. The summed E-state index contributed by atoms with van der Waals surface area (Å²) in [7, 11) is -5.98. The van der Waals surface area contributed by atoms with Gasteiger partial charge in [0.2, 0.25) is 35.4 Å². The number of nitrogens with one attached hydrogen (secondary N) is 3. The number of hydrogen-bond donors (Lipinski definition) is 6. The van der Waals surface area contributed by atoms with Crippen molar-refractivity contribution in [2.24, 2.45) is 5.73 Å². The number of primary amides is 1. The Hall–Kier alpha value is -6.83. The van der Waals surface area contributed by atoms with Gasteiger partial charge in [-0.2, -0.15) is 8.78 Å². The van der Waals surface area contributed by atoms with Crippen LogP contribution in [-0.2, 0) is 53.6 Å². The summed E-state index contributed by atoms with van der Waals surface area (Å²) in [5.41, 5.74) is 2.66. The number of piperidine rings is 1. The van der Waals surface area contributed by atoms with Gasteiger partial charge in [-0.1, -0.05) is 56.0 Å². The summed E-state index contributed by atoms with van der Waals surface area (Å²) in [5, 5.41) is 7.82. The van der Waals surface area contributed by atoms with Crippen LogP contribution in [0.2, 0.25) is 0 Å². The molecular formula is C50H56F2N7O12P. The molecule has 4 aliphatic rings. The molecule has 8 rings (SSSR count). The largest absolute Gasteiger partial charge is 0.493 e. The number of carbonyl (C=O) groups is 8. The van der Waals surface area contributed by atoms with Crippen LogP contribution < -0.4 is 31.3 Å². The number of carbonyl (C=O) groups excluding carboxylic acids is 8. The molecule has 19 nitrogen and oxygen atoms in total. The van der Waals surface area contributed by atoms with Crippen molar-refractivity contribution < 1.29 is 66.2 Å². The number of imide groups is 1. The first-order chi connectivity index (χ1) is 34.2. The molecule has 0 aliphatic carbocycles. The fourth-order valence-electron chi connectivity index (χ4n) is 10.1. The van der Waals surface area contributed by atoms with E-state index in [0.29, 0.717) is 54.9 Å². The van der Waals surface area contributed by atoms with Crippen LogP contribution in [0, 0.1) is 0 Å². The summed E-state index contributed by atoms with van der Waals surface area (Å²) in [6, 6.07) is 11.1. The molecule has 1 fully saturated rings. The molecule has 1 unspecified atom stereocenters. The van der Waals surface area contributed by atoms with Gasteiger partial charge < -0.3 is 35.8 Å². The number of halogens is 2. The van der Waals surface area contributed by atoms with Gasteiger partial charge in [0.15, 0.2) is 0 Å². The van der Waals surface area contributed by atoms with Gasteiger partial charge >= 0.3 is 13.3 Å². The standard InChI is InChI=1S/C50H56F2N7O12P/c1-28(15-21-41(53)60)54-46(64)39-25-30-11-8-10-29-16-18-35(49(67)59(39)44(29)30)55-47(65)38-26-31-24-32(50(51,52)72(68,69)70)17-19-36(31)58(38)43(62)14-6-4-2-3-5-7-23-71-40-13-9-12-33-34(40)27-57(48(33)66)37-20-22-42(61)56-45(37)63/h8-13,17,19,24,26,28,35,37,39H,2-7,14-16,18,20-23,25,27H2,1H3,(H2,53,60)(H,54,64)(H,55,65)(H,56,61,63)(H2,68,69,70)/t28-,35+,37?,39+/m1/s1. The molecule has 0 radical (unpaired) electrons. The number of unbranched alkanes of at least 4 members (excludes halogenated alkanes) is 5. The summed E-state index contributed by atoms with van der Waals surface area (Å²) >= 11 is 0. The minimum Gasteiger partial charge on any atom is -0.493 e. The number of amides is 7. The van der Waals surface area contributed by atoms with Crippen LogP contribution in [-0.4, -0.2) is 97.3 Å². The molecule has 0 bridgehead atoms. The lowest BCUT2D eigenvalue weighted by molar-refractivity contribution is -0.137. The average molecular weight is 1020 g/mol. The first-order valence-corrected chi connectivity index (χ1v) is 25.7. The Morgan fingerprint density at radius 3 is 2.38 bits per heavy atom. The molecule has 4 atom stereocenters. The van der Waals surface area contributed by atoms with Crippen molar-refractivity contribution in [1.29, 1.82) is 0 Å². The number of aryl methyl sites for hydroxylation is 1. The number of benzene rings is 3. The van der Waals surface area contributed by atoms with Gasteiger partial charge in [-0.25, -0.2) is 0 Å². The van der Waals surface area contributed by atoms with E-state index in [0.717, 1.165) is 59.2 Å². The molecule has 0 saturated carbocycles. The molecule has 1 aromatic heterocycles. The maximum Gasteiger partial charge on any atom is 0.399 e. The average Bonchev–Trinajstić information content (AvgIpc) is 4.00. The Morgan fingerprint density at radius 2 is 1.64 bits per heavy atom. The van der Waals surface area contributed by atoms with Crippen molar-refractivity contribution in [3.05, 3.63) is 94.2 Å². The first-order valence-electron chi connectivity index (χ1n) is 24.1. The number of rotatable bonds is 20. The number of nitrogens with two attached hydrogens (primary N) is 1. The number of fused-ring (bicyclic) bond motifs is 2. The van der Waals surface area contributed by atoms with Gasteiger partial charge in [-0.15, -0.1) is 0 Å². The molecule has 3 aromatic carbocycles. The van der Waals surface area contributed by atoms with Gasteiger partial charge in [0.05, 0.1) is 24.4 Å². The maximum absolute atomic E-state index is 14.9. The molecule has 4 aliphatic heterocycles. The topological polar surface area (TPSA) is 277 Å². The second-order valence-corrected chi connectivity index (χ2v) is 20.5. The van der Waals surface area contributed by atoms with Crippen molar-refractivity contribution in [2.45, 2.75) is 133 Å². The van der Waals surface area contributed by atoms with Crippen molar-refractivity contribution in [3.8, 4) is 5.75 Å². The summed E-state index contributed by atoms with van der Waals surface area (Å²) < 4.78 is 48.8. The highest BCUT2D eigenvalue weighted by atomic mass is 31.2. The lowest BCUT2D eigenvalue weighted by Crippen LogP contribution is -2.55. The van der Waals surface area contributed by atoms with Crippen LogP contribution in [0.3, 0.4) is 0 Å². The highest BCUT2D eigenvalue weighted by molar-refractivity contribution is 7.52. The van der Waals surface area contributed by atoms with Gasteiger partial charge in [0.1, 0.15) is 29.6 Å². The molecule has 22 heteroatoms. The predicted octanol–water partition coefficient (Wildman–Crippen LogP) is 4.85. The summed E-state index contributed by atoms with van der Waals surface area (Å²) in [6.07, 6.45) is 5.29. The van der Waals surface area contributed by atoms with E-state index in [1.54, 1.807) is 25.1 Å². The number of anilines is 1. The molecule has 0 spiro atoms. The Morgan fingerprint density at radius 1 is 0.917 bits per heavy atom. The number of alkyl halides is 2. The van der Waals surface area contributed by atoms with Gasteiger partial charge in [-0.05, 0) is 86.9 Å². The van der Waals surface area contributed by atoms with Gasteiger partial charge in [-0.3, -0.25) is 57.7 Å². The van der Waals surface area contributed by atoms with E-state index in [4.69, 9.17) is 10.5 Å². The minimum absolute atomic E-state index is 0.0264. The number of ether oxygens (including phenoxy) is 1. The smallest absolute Gasteiger partial charge is 0.399 e. The van der Waals surface area contributed by atoms with Gasteiger partial charge in [0.25, 0.3) is 11.8 Å². The fourth-order valence-corrected chi connectivity index (χ4v) is 10.5. The predicted molar refractivity (Wildman–Crippen MR) is 256 cm³/mol. The van der Waals surface area contributed by atoms with Crippen LogP contribution >= 0.6 is 7.60 Å². The highest BCUT2D eigenvalue weighted by Gasteiger charge is 2.51. The van der Waals surface area contributed by atoms with Crippen LogP contribution in [0.15, 0.2) is 60.7 Å². The van der Waals surface area contributed by atoms with E-state index in [1.807, 2.05) is 18.2 Å². The normalized spacial score (nSPS) is 19.2. The van der Waals surface area contributed by atoms with Crippen LogP contribution in [0.4, 0.5) is 14.5 Å². The zero-order chi connectivity index (χ0) is 51.6. The Bertz CT molecular complexity index is 2920. The van der Waals surface area contributed by atoms with E-state index in [-0.39, 0.29) is 79.9 Å². The fraction of sp³-hybridized carbons (Fsp3) is 0.440. The van der Waals surface area contributed by atoms with Crippen LogP contribution in [0.1, 0.15) is 132 Å². The number of nitrogens with zero attached hydrogens (tertiary/aromatic N) is 3. The lowest BCUT2D eigenvalue weighted by Gasteiger charge is -2.29. The summed E-state index contributed by atoms with van der Waals surface area (Å²) in [4.78, 5) is 127. The maximum atomic E-state index is 14.9. The SMILES string of the molecule is C[C@H](CCC(N)=O)NC(=O)[C@@H]1Cc2cccc3c2N1C(=O)[C@@H](NC(=O)c1cc2cc(C(F)(F)P(=O)(O)O)ccc2n1C(=O)CCCCCCCCOc1cccc2c1CN(C1CCC(=O)NC1=O)C2=O)CC3. The van der Waals surface area contributed by atoms with E-state index in [1.165, 1.54) is 9.80 Å². The molecule has 4 aromatic rings.